The molecule has 0 saturated carbocycles. The van der Waals surface area contributed by atoms with E-state index in [1.54, 1.807) is 11.3 Å². The van der Waals surface area contributed by atoms with Crippen molar-refractivity contribution in [2.75, 3.05) is 0 Å². The van der Waals surface area contributed by atoms with Crippen LogP contribution < -0.4 is 0 Å². The molecule has 0 bridgehead atoms. The molecule has 1 aliphatic rings. The lowest BCUT2D eigenvalue weighted by atomic mass is 9.81. The highest BCUT2D eigenvalue weighted by Crippen LogP contribution is 2.52. The van der Waals surface area contributed by atoms with Crippen LogP contribution in [-0.2, 0) is 5.41 Å². The monoisotopic (exact) mass is 724 g/mol. The van der Waals surface area contributed by atoms with Crippen LogP contribution in [0, 0.1) is 0 Å². The summed E-state index contributed by atoms with van der Waals surface area (Å²) in [5, 5.41) is 2.45. The molecule has 0 atom stereocenters. The third-order valence-electron chi connectivity index (χ3n) is 11.0. The molecule has 10 aromatic rings. The maximum Gasteiger partial charge on any atom is 0.227 e. The fourth-order valence-corrected chi connectivity index (χ4v) is 9.47. The molecule has 0 unspecified atom stereocenters. The molecule has 3 aromatic heterocycles. The summed E-state index contributed by atoms with van der Waals surface area (Å²) in [4.78, 5) is 20.6. The molecule has 0 N–H and O–H groups in total. The Balaban J connectivity index is 1.08. The average Bonchev–Trinajstić information content (AvgIpc) is 3.91. The zero-order valence-electron chi connectivity index (χ0n) is 30.1. The lowest BCUT2D eigenvalue weighted by Gasteiger charge is -2.21. The summed E-state index contributed by atoms with van der Waals surface area (Å²) in [6.45, 7) is 4.54. The van der Waals surface area contributed by atoms with Crippen molar-refractivity contribution < 1.29 is 4.42 Å². The SMILES string of the molecule is CC1(C)c2cc(-c3nc(-c4cccc(-c5ccccc5)c4)nc(-c4cccc5c4sc4ccccc45)n3)ccc2-c2ccc3nc(-c4ccccc4)oc3c21. The number of aromatic nitrogens is 4. The number of nitrogens with zero attached hydrogens (tertiary/aromatic N) is 4. The van der Waals surface area contributed by atoms with Crippen LogP contribution in [0.3, 0.4) is 0 Å². The predicted octanol–water partition coefficient (Wildman–Crippen LogP) is 13.0. The van der Waals surface area contributed by atoms with Gasteiger partial charge in [-0.3, -0.25) is 0 Å². The van der Waals surface area contributed by atoms with Gasteiger partial charge in [-0.2, -0.15) is 0 Å². The molecule has 11 rings (SSSR count). The van der Waals surface area contributed by atoms with Crippen LogP contribution >= 0.6 is 11.3 Å². The first-order valence-corrected chi connectivity index (χ1v) is 19.3. The van der Waals surface area contributed by atoms with Gasteiger partial charge in [0.25, 0.3) is 0 Å². The zero-order chi connectivity index (χ0) is 36.7. The van der Waals surface area contributed by atoms with Crippen molar-refractivity contribution in [3.63, 3.8) is 0 Å². The van der Waals surface area contributed by atoms with E-state index in [0.29, 0.717) is 23.4 Å². The van der Waals surface area contributed by atoms with Crippen molar-refractivity contribution in [3.05, 3.63) is 169 Å². The highest BCUT2D eigenvalue weighted by Gasteiger charge is 2.39. The molecule has 0 spiro atoms. The van der Waals surface area contributed by atoms with Gasteiger partial charge in [0.05, 0.1) is 0 Å². The van der Waals surface area contributed by atoms with Crippen molar-refractivity contribution in [1.82, 2.24) is 19.9 Å². The average molecular weight is 725 g/mol. The van der Waals surface area contributed by atoms with Crippen molar-refractivity contribution in [3.8, 4) is 67.9 Å². The maximum atomic E-state index is 6.56. The fraction of sp³-hybridized carbons (Fsp3) is 0.0612. The van der Waals surface area contributed by atoms with Gasteiger partial charge in [-0.15, -0.1) is 11.3 Å². The predicted molar refractivity (Wildman–Crippen MR) is 225 cm³/mol. The van der Waals surface area contributed by atoms with Gasteiger partial charge in [0.15, 0.2) is 23.1 Å². The second-order valence-electron chi connectivity index (χ2n) is 14.6. The number of thiophene rings is 1. The third kappa shape index (κ3) is 5.06. The minimum absolute atomic E-state index is 0.362. The summed E-state index contributed by atoms with van der Waals surface area (Å²) in [6, 6.07) is 54.9. The van der Waals surface area contributed by atoms with Crippen LogP contribution in [0.4, 0.5) is 0 Å². The molecule has 0 saturated heterocycles. The molecule has 260 valence electrons. The number of oxazole rings is 1. The first-order valence-electron chi connectivity index (χ1n) is 18.5. The Hall–Kier alpha value is -6.76. The molecule has 0 fully saturated rings. The maximum absolute atomic E-state index is 6.56. The first kappa shape index (κ1) is 31.7. The van der Waals surface area contributed by atoms with Crippen molar-refractivity contribution >= 4 is 42.6 Å². The Bertz CT molecular complexity index is 3130. The van der Waals surface area contributed by atoms with Gasteiger partial charge < -0.3 is 4.42 Å². The summed E-state index contributed by atoms with van der Waals surface area (Å²) in [5.41, 5.74) is 12.1. The Morgan fingerprint density at radius 3 is 1.93 bits per heavy atom. The van der Waals surface area contributed by atoms with E-state index in [0.717, 1.165) is 50.0 Å². The number of hydrogen-bond acceptors (Lipinski definition) is 6. The normalized spacial score (nSPS) is 13.1. The van der Waals surface area contributed by atoms with E-state index in [9.17, 15) is 0 Å². The summed E-state index contributed by atoms with van der Waals surface area (Å²) in [7, 11) is 0. The standard InChI is InChI=1S/C49H32N4OS/c1-49(2)39-28-33(23-24-34(39)36-25-26-40-43(42(36)49)54-48(50-40)30-15-7-4-8-16-30)46-51-45(32-18-11-17-31(27-32)29-13-5-3-6-14-29)52-47(53-46)38-21-12-20-37-35-19-9-10-22-41(35)55-44(37)38/h3-28H,1-2H3. The first-order chi connectivity index (χ1) is 27.0. The van der Waals surface area contributed by atoms with Crippen LogP contribution in [-0.4, -0.2) is 19.9 Å². The summed E-state index contributed by atoms with van der Waals surface area (Å²) < 4.78 is 8.97. The lowest BCUT2D eigenvalue weighted by molar-refractivity contribution is 0.593. The molecule has 0 aliphatic heterocycles. The lowest BCUT2D eigenvalue weighted by Crippen LogP contribution is -2.15. The highest BCUT2D eigenvalue weighted by molar-refractivity contribution is 7.26. The van der Waals surface area contributed by atoms with Crippen LogP contribution in [0.15, 0.2) is 162 Å². The molecule has 5 nitrogen and oxygen atoms in total. The Kier molecular flexibility index (Phi) is 7.00. The van der Waals surface area contributed by atoms with Crippen LogP contribution in [0.5, 0.6) is 0 Å². The molecule has 0 amide bonds. The fourth-order valence-electron chi connectivity index (χ4n) is 8.26. The van der Waals surface area contributed by atoms with E-state index >= 15 is 0 Å². The van der Waals surface area contributed by atoms with Crippen LogP contribution in [0.2, 0.25) is 0 Å². The third-order valence-corrected chi connectivity index (χ3v) is 12.2. The summed E-state index contributed by atoms with van der Waals surface area (Å²) >= 11 is 1.78. The van der Waals surface area contributed by atoms with Crippen molar-refractivity contribution in [2.45, 2.75) is 19.3 Å². The number of benzene rings is 7. The number of rotatable bonds is 5. The van der Waals surface area contributed by atoms with E-state index in [2.05, 4.69) is 135 Å². The van der Waals surface area contributed by atoms with Gasteiger partial charge in [-0.1, -0.05) is 129 Å². The van der Waals surface area contributed by atoms with E-state index in [4.69, 9.17) is 24.4 Å². The van der Waals surface area contributed by atoms with E-state index < -0.39 is 0 Å². The minimum atomic E-state index is -0.362. The molecule has 3 heterocycles. The summed E-state index contributed by atoms with van der Waals surface area (Å²) in [6.07, 6.45) is 0. The summed E-state index contributed by atoms with van der Waals surface area (Å²) in [5.74, 6) is 2.55. The van der Waals surface area contributed by atoms with Gasteiger partial charge in [-0.05, 0) is 70.3 Å². The van der Waals surface area contributed by atoms with Crippen molar-refractivity contribution in [2.24, 2.45) is 0 Å². The van der Waals surface area contributed by atoms with Gasteiger partial charge in [0.2, 0.25) is 5.89 Å². The van der Waals surface area contributed by atoms with Gasteiger partial charge in [0.1, 0.15) is 5.52 Å². The molecular formula is C49H32N4OS. The van der Waals surface area contributed by atoms with Gasteiger partial charge in [0, 0.05) is 53.4 Å². The van der Waals surface area contributed by atoms with E-state index in [1.807, 2.05) is 36.4 Å². The molecule has 0 radical (unpaired) electrons. The minimum Gasteiger partial charge on any atom is -0.436 e. The van der Waals surface area contributed by atoms with Crippen LogP contribution in [0.1, 0.15) is 25.0 Å². The molecule has 6 heteroatoms. The Morgan fingerprint density at radius 2 is 1.11 bits per heavy atom. The Morgan fingerprint density at radius 1 is 0.473 bits per heavy atom. The molecule has 7 aromatic carbocycles. The molecule has 1 aliphatic carbocycles. The Labute approximate surface area is 321 Å². The van der Waals surface area contributed by atoms with Crippen molar-refractivity contribution in [1.29, 1.82) is 0 Å². The quantitative estimate of drug-likeness (QED) is 0.177. The van der Waals surface area contributed by atoms with E-state index in [1.165, 1.54) is 36.9 Å². The molecular weight excluding hydrogens is 693 g/mol. The topological polar surface area (TPSA) is 64.7 Å². The number of hydrogen-bond donors (Lipinski definition) is 0. The number of fused-ring (bicyclic) bond motifs is 8. The smallest absolute Gasteiger partial charge is 0.227 e. The van der Waals surface area contributed by atoms with E-state index in [-0.39, 0.29) is 5.41 Å². The largest absolute Gasteiger partial charge is 0.436 e. The molecule has 55 heavy (non-hydrogen) atoms. The van der Waals surface area contributed by atoms with Crippen LogP contribution in [0.25, 0.3) is 99.1 Å². The second kappa shape index (κ2) is 12.1. The van der Waals surface area contributed by atoms with Gasteiger partial charge >= 0.3 is 0 Å². The zero-order valence-corrected chi connectivity index (χ0v) is 30.9. The van der Waals surface area contributed by atoms with Gasteiger partial charge in [-0.25, -0.2) is 19.9 Å². The second-order valence-corrected chi connectivity index (χ2v) is 15.7. The highest BCUT2D eigenvalue weighted by atomic mass is 32.1.